The van der Waals surface area contributed by atoms with E-state index in [-0.39, 0.29) is 30.5 Å². The van der Waals surface area contributed by atoms with Gasteiger partial charge in [0, 0.05) is 25.7 Å². The highest BCUT2D eigenvalue weighted by Crippen LogP contribution is 2.16. The van der Waals surface area contributed by atoms with Crippen LogP contribution in [-0.4, -0.2) is 66.2 Å². The van der Waals surface area contributed by atoms with Crippen LogP contribution in [0, 0.1) is 5.92 Å². The fourth-order valence-electron chi connectivity index (χ4n) is 2.59. The lowest BCUT2D eigenvalue weighted by atomic mass is 9.99. The molecule has 0 aromatic carbocycles. The second-order valence-electron chi connectivity index (χ2n) is 5.56. The Morgan fingerprint density at radius 1 is 1.44 bits per heavy atom. The van der Waals surface area contributed by atoms with Crippen molar-refractivity contribution in [1.82, 2.24) is 9.80 Å². The van der Waals surface area contributed by atoms with Gasteiger partial charge in [0.15, 0.2) is 0 Å². The minimum atomic E-state index is -0.147. The second kappa shape index (κ2) is 7.07. The zero-order chi connectivity index (χ0) is 13.7. The van der Waals surface area contributed by atoms with E-state index < -0.39 is 0 Å². The Kier molecular flexibility index (Phi) is 6.05. The van der Waals surface area contributed by atoms with Gasteiger partial charge >= 0.3 is 0 Å². The minimum absolute atomic E-state index is 0.0812. The number of likely N-dealkylation sites (tertiary alicyclic amines) is 1. The standard InChI is InChI=1S/C13H27N3O2/c1-10(2)12(15(3)8-9-17)13(18)16-6-4-11(14)5-7-16/h10-12,17H,4-9,14H2,1-3H3. The van der Waals surface area contributed by atoms with Gasteiger partial charge in [0.25, 0.3) is 0 Å². The average Bonchev–Trinajstić information content (AvgIpc) is 2.29. The number of nitrogens with zero attached hydrogens (tertiary/aromatic N) is 2. The van der Waals surface area contributed by atoms with Gasteiger partial charge in [-0.1, -0.05) is 13.8 Å². The van der Waals surface area contributed by atoms with Crippen molar-refractivity contribution in [1.29, 1.82) is 0 Å². The number of rotatable bonds is 5. The molecular weight excluding hydrogens is 230 g/mol. The van der Waals surface area contributed by atoms with Crippen LogP contribution in [0.4, 0.5) is 0 Å². The largest absolute Gasteiger partial charge is 0.395 e. The molecule has 0 bridgehead atoms. The van der Waals surface area contributed by atoms with E-state index in [0.29, 0.717) is 6.54 Å². The van der Waals surface area contributed by atoms with E-state index in [1.165, 1.54) is 0 Å². The highest BCUT2D eigenvalue weighted by molar-refractivity contribution is 5.82. The summed E-state index contributed by atoms with van der Waals surface area (Å²) in [4.78, 5) is 16.4. The minimum Gasteiger partial charge on any atom is -0.395 e. The first-order valence-electron chi connectivity index (χ1n) is 6.82. The van der Waals surface area contributed by atoms with Crippen molar-refractivity contribution in [2.75, 3.05) is 33.3 Å². The lowest BCUT2D eigenvalue weighted by molar-refractivity contribution is -0.139. The molecule has 106 valence electrons. The molecule has 0 aromatic rings. The highest BCUT2D eigenvalue weighted by atomic mass is 16.3. The van der Waals surface area contributed by atoms with Gasteiger partial charge in [0.1, 0.15) is 0 Å². The first-order valence-corrected chi connectivity index (χ1v) is 6.82. The maximum Gasteiger partial charge on any atom is 0.240 e. The Bertz CT molecular complexity index is 263. The normalized spacial score (nSPS) is 19.6. The monoisotopic (exact) mass is 257 g/mol. The van der Waals surface area contributed by atoms with Crippen molar-refractivity contribution >= 4 is 5.91 Å². The molecule has 1 atom stereocenters. The molecule has 0 saturated carbocycles. The van der Waals surface area contributed by atoms with Crippen molar-refractivity contribution in [3.63, 3.8) is 0 Å². The van der Waals surface area contributed by atoms with Crippen LogP contribution in [0.3, 0.4) is 0 Å². The van der Waals surface area contributed by atoms with Crippen molar-refractivity contribution in [2.24, 2.45) is 11.7 Å². The molecule has 1 unspecified atom stereocenters. The zero-order valence-electron chi connectivity index (χ0n) is 11.8. The maximum atomic E-state index is 12.5. The molecule has 0 aromatic heterocycles. The van der Waals surface area contributed by atoms with E-state index in [1.54, 1.807) is 0 Å². The van der Waals surface area contributed by atoms with Gasteiger partial charge in [0.05, 0.1) is 12.6 Å². The molecule has 18 heavy (non-hydrogen) atoms. The van der Waals surface area contributed by atoms with E-state index in [1.807, 2.05) is 30.7 Å². The summed E-state index contributed by atoms with van der Waals surface area (Å²) in [7, 11) is 1.90. The maximum absolute atomic E-state index is 12.5. The summed E-state index contributed by atoms with van der Waals surface area (Å²) >= 11 is 0. The fourth-order valence-corrected chi connectivity index (χ4v) is 2.59. The zero-order valence-corrected chi connectivity index (χ0v) is 11.8. The van der Waals surface area contributed by atoms with Crippen LogP contribution >= 0.6 is 0 Å². The summed E-state index contributed by atoms with van der Waals surface area (Å²) in [6, 6.07) is 0.0909. The summed E-state index contributed by atoms with van der Waals surface area (Å²) in [5.41, 5.74) is 5.86. The first kappa shape index (κ1) is 15.4. The van der Waals surface area contributed by atoms with Gasteiger partial charge in [-0.25, -0.2) is 0 Å². The second-order valence-corrected chi connectivity index (χ2v) is 5.56. The van der Waals surface area contributed by atoms with Crippen molar-refractivity contribution in [3.8, 4) is 0 Å². The molecule has 1 rings (SSSR count). The SMILES string of the molecule is CC(C)C(C(=O)N1CCC(N)CC1)N(C)CCO. The number of nitrogens with two attached hydrogens (primary N) is 1. The van der Waals surface area contributed by atoms with Gasteiger partial charge in [-0.05, 0) is 25.8 Å². The van der Waals surface area contributed by atoms with Gasteiger partial charge < -0.3 is 15.7 Å². The van der Waals surface area contributed by atoms with Gasteiger partial charge in [-0.2, -0.15) is 0 Å². The summed E-state index contributed by atoms with van der Waals surface area (Å²) in [5.74, 6) is 0.414. The van der Waals surface area contributed by atoms with Crippen molar-refractivity contribution in [2.45, 2.75) is 38.8 Å². The number of aliphatic hydroxyl groups excluding tert-OH is 1. The molecule has 0 aliphatic carbocycles. The van der Waals surface area contributed by atoms with Crippen LogP contribution < -0.4 is 5.73 Å². The van der Waals surface area contributed by atoms with Crippen LogP contribution in [0.25, 0.3) is 0 Å². The molecule has 5 heteroatoms. The molecule has 5 nitrogen and oxygen atoms in total. The van der Waals surface area contributed by atoms with E-state index in [0.717, 1.165) is 25.9 Å². The van der Waals surface area contributed by atoms with Crippen LogP contribution in [0.15, 0.2) is 0 Å². The predicted octanol–water partition coefficient (Wildman–Crippen LogP) is -0.115. The molecule has 1 amide bonds. The van der Waals surface area contributed by atoms with E-state index in [4.69, 9.17) is 10.8 Å². The Hall–Kier alpha value is -0.650. The number of hydrogen-bond donors (Lipinski definition) is 2. The molecule has 1 fully saturated rings. The van der Waals surface area contributed by atoms with Crippen LogP contribution in [0.2, 0.25) is 0 Å². The van der Waals surface area contributed by atoms with E-state index >= 15 is 0 Å². The quantitative estimate of drug-likeness (QED) is 0.721. The fraction of sp³-hybridized carbons (Fsp3) is 0.923. The average molecular weight is 257 g/mol. The lowest BCUT2D eigenvalue weighted by Gasteiger charge is -2.37. The molecule has 3 N–H and O–H groups in total. The number of hydrogen-bond acceptors (Lipinski definition) is 4. The van der Waals surface area contributed by atoms with E-state index in [9.17, 15) is 4.79 Å². The van der Waals surface area contributed by atoms with Gasteiger partial charge in [-0.15, -0.1) is 0 Å². The Morgan fingerprint density at radius 2 is 2.00 bits per heavy atom. The Labute approximate surface area is 110 Å². The Balaban J connectivity index is 2.64. The third-order valence-electron chi connectivity index (χ3n) is 3.66. The lowest BCUT2D eigenvalue weighted by Crippen LogP contribution is -2.53. The van der Waals surface area contributed by atoms with Crippen LogP contribution in [0.1, 0.15) is 26.7 Å². The topological polar surface area (TPSA) is 69.8 Å². The first-order chi connectivity index (χ1) is 8.47. The summed E-state index contributed by atoms with van der Waals surface area (Å²) < 4.78 is 0. The number of likely N-dealkylation sites (N-methyl/N-ethyl adjacent to an activating group) is 1. The number of carbonyl (C=O) groups is 1. The molecule has 1 aliphatic rings. The number of carbonyl (C=O) groups excluding carboxylic acids is 1. The number of piperidine rings is 1. The third-order valence-corrected chi connectivity index (χ3v) is 3.66. The van der Waals surface area contributed by atoms with Crippen molar-refractivity contribution < 1.29 is 9.90 Å². The molecule has 1 heterocycles. The molecule has 1 saturated heterocycles. The molecule has 1 aliphatic heterocycles. The summed E-state index contributed by atoms with van der Waals surface area (Å²) in [5, 5.41) is 9.01. The van der Waals surface area contributed by atoms with Gasteiger partial charge in [-0.3, -0.25) is 9.69 Å². The predicted molar refractivity (Wildman–Crippen MR) is 72.1 cm³/mol. The highest BCUT2D eigenvalue weighted by Gasteiger charge is 2.31. The van der Waals surface area contributed by atoms with Crippen molar-refractivity contribution in [3.05, 3.63) is 0 Å². The van der Waals surface area contributed by atoms with Gasteiger partial charge in [0.2, 0.25) is 5.91 Å². The summed E-state index contributed by atoms with van der Waals surface area (Å²) in [6.45, 7) is 6.23. The molecule has 0 spiro atoms. The summed E-state index contributed by atoms with van der Waals surface area (Å²) in [6.07, 6.45) is 1.78. The number of aliphatic hydroxyl groups is 1. The van der Waals surface area contributed by atoms with Crippen LogP contribution in [-0.2, 0) is 4.79 Å². The molecular formula is C13H27N3O2. The smallest absolute Gasteiger partial charge is 0.240 e. The number of amides is 1. The molecule has 0 radical (unpaired) electrons. The Morgan fingerprint density at radius 3 is 2.44 bits per heavy atom. The van der Waals surface area contributed by atoms with Crippen LogP contribution in [0.5, 0.6) is 0 Å². The van der Waals surface area contributed by atoms with E-state index in [2.05, 4.69) is 0 Å². The third kappa shape index (κ3) is 3.93.